The monoisotopic (exact) mass is 169 g/mol. The quantitative estimate of drug-likeness (QED) is 0.625. The van der Waals surface area contributed by atoms with Gasteiger partial charge in [-0.15, -0.1) is 0 Å². The largest absolute Gasteiger partial charge is 0.297 e. The fourth-order valence-electron chi connectivity index (χ4n) is 2.62. The molecule has 1 heteroatoms. The zero-order valence-electron chi connectivity index (χ0n) is 9.06. The van der Waals surface area contributed by atoms with Crippen LogP contribution in [0.2, 0.25) is 0 Å². The van der Waals surface area contributed by atoms with Crippen LogP contribution in [0.15, 0.2) is 0 Å². The molecule has 1 fully saturated rings. The first-order valence-corrected chi connectivity index (χ1v) is 5.42. The minimum atomic E-state index is 0.565. The van der Waals surface area contributed by atoms with Crippen LogP contribution in [0.5, 0.6) is 0 Å². The van der Waals surface area contributed by atoms with E-state index in [1.165, 1.54) is 32.4 Å². The number of nitrogens with zero attached hydrogens (tertiary/aromatic N) is 1. The molecule has 12 heavy (non-hydrogen) atoms. The summed E-state index contributed by atoms with van der Waals surface area (Å²) in [6.07, 6.45) is 4.04. The third kappa shape index (κ3) is 1.39. The van der Waals surface area contributed by atoms with Crippen molar-refractivity contribution in [2.24, 2.45) is 5.92 Å². The summed E-state index contributed by atoms with van der Waals surface area (Å²) in [7, 11) is 0. The summed E-state index contributed by atoms with van der Waals surface area (Å²) < 4.78 is 0. The van der Waals surface area contributed by atoms with Crippen LogP contribution in [0, 0.1) is 5.92 Å². The highest BCUT2D eigenvalue weighted by Gasteiger charge is 2.44. The SMILES string of the molecule is CCCN1CCC1(CC)C(C)C. The molecule has 0 aromatic heterocycles. The summed E-state index contributed by atoms with van der Waals surface area (Å²) in [6.45, 7) is 12.0. The average molecular weight is 169 g/mol. The molecule has 0 aromatic rings. The molecule has 1 nitrogen and oxygen atoms in total. The van der Waals surface area contributed by atoms with E-state index in [9.17, 15) is 0 Å². The van der Waals surface area contributed by atoms with Gasteiger partial charge in [0.1, 0.15) is 0 Å². The molecule has 1 atom stereocenters. The molecular formula is C11H23N. The maximum absolute atomic E-state index is 2.68. The Morgan fingerprint density at radius 3 is 2.25 bits per heavy atom. The van der Waals surface area contributed by atoms with E-state index < -0.39 is 0 Å². The Labute approximate surface area is 77.1 Å². The first-order valence-electron chi connectivity index (χ1n) is 5.42. The molecule has 0 saturated carbocycles. The summed E-state index contributed by atoms with van der Waals surface area (Å²) in [5.41, 5.74) is 0.565. The van der Waals surface area contributed by atoms with Gasteiger partial charge in [-0.2, -0.15) is 0 Å². The van der Waals surface area contributed by atoms with Crippen LogP contribution in [0.3, 0.4) is 0 Å². The molecule has 1 heterocycles. The predicted octanol–water partition coefficient (Wildman–Crippen LogP) is 2.91. The number of likely N-dealkylation sites (tertiary alicyclic amines) is 1. The molecule has 0 spiro atoms. The number of rotatable bonds is 4. The Kier molecular flexibility index (Phi) is 3.16. The van der Waals surface area contributed by atoms with E-state index in [1.54, 1.807) is 0 Å². The lowest BCUT2D eigenvalue weighted by atomic mass is 9.73. The number of hydrogen-bond acceptors (Lipinski definition) is 1. The van der Waals surface area contributed by atoms with E-state index >= 15 is 0 Å². The molecule has 0 bridgehead atoms. The summed E-state index contributed by atoms with van der Waals surface area (Å²) in [5.74, 6) is 0.822. The van der Waals surface area contributed by atoms with Gasteiger partial charge in [-0.25, -0.2) is 0 Å². The zero-order chi connectivity index (χ0) is 9.19. The second kappa shape index (κ2) is 3.78. The van der Waals surface area contributed by atoms with Crippen molar-refractivity contribution < 1.29 is 0 Å². The molecule has 0 aromatic carbocycles. The summed E-state index contributed by atoms with van der Waals surface area (Å²) in [5, 5.41) is 0. The summed E-state index contributed by atoms with van der Waals surface area (Å²) in [4.78, 5) is 2.68. The van der Waals surface area contributed by atoms with E-state index in [0.717, 1.165) is 5.92 Å². The van der Waals surface area contributed by atoms with Crippen molar-refractivity contribution in [2.45, 2.75) is 52.5 Å². The van der Waals surface area contributed by atoms with Gasteiger partial charge in [0, 0.05) is 12.1 Å². The molecule has 0 aliphatic carbocycles. The highest BCUT2D eigenvalue weighted by molar-refractivity contribution is 5.00. The normalized spacial score (nSPS) is 30.8. The second-order valence-corrected chi connectivity index (χ2v) is 4.35. The topological polar surface area (TPSA) is 3.24 Å². The van der Waals surface area contributed by atoms with Gasteiger partial charge in [-0.05, 0) is 31.7 Å². The lowest BCUT2D eigenvalue weighted by molar-refractivity contribution is -0.0526. The van der Waals surface area contributed by atoms with Gasteiger partial charge < -0.3 is 0 Å². The summed E-state index contributed by atoms with van der Waals surface area (Å²) in [6, 6.07) is 0. The van der Waals surface area contributed by atoms with Crippen molar-refractivity contribution in [1.29, 1.82) is 0 Å². The Balaban J connectivity index is 2.55. The average Bonchev–Trinajstić information content (AvgIpc) is 1.99. The molecule has 72 valence electrons. The van der Waals surface area contributed by atoms with Gasteiger partial charge in [-0.1, -0.05) is 27.7 Å². The fourth-order valence-corrected chi connectivity index (χ4v) is 2.62. The van der Waals surface area contributed by atoms with Crippen LogP contribution < -0.4 is 0 Å². The predicted molar refractivity (Wildman–Crippen MR) is 54.3 cm³/mol. The van der Waals surface area contributed by atoms with Crippen molar-refractivity contribution in [3.8, 4) is 0 Å². The van der Waals surface area contributed by atoms with Crippen LogP contribution in [-0.4, -0.2) is 23.5 Å². The smallest absolute Gasteiger partial charge is 0.0242 e. The van der Waals surface area contributed by atoms with Gasteiger partial charge >= 0.3 is 0 Å². The van der Waals surface area contributed by atoms with Crippen LogP contribution in [0.4, 0.5) is 0 Å². The first kappa shape index (κ1) is 10.0. The molecule has 1 unspecified atom stereocenters. The van der Waals surface area contributed by atoms with Crippen molar-refractivity contribution in [3.63, 3.8) is 0 Å². The third-order valence-corrected chi connectivity index (χ3v) is 3.62. The van der Waals surface area contributed by atoms with Gasteiger partial charge in [0.25, 0.3) is 0 Å². The summed E-state index contributed by atoms with van der Waals surface area (Å²) >= 11 is 0. The second-order valence-electron chi connectivity index (χ2n) is 4.35. The Morgan fingerprint density at radius 2 is 2.00 bits per heavy atom. The van der Waals surface area contributed by atoms with E-state index in [0.29, 0.717) is 5.54 Å². The number of hydrogen-bond donors (Lipinski definition) is 0. The van der Waals surface area contributed by atoms with E-state index in [4.69, 9.17) is 0 Å². The van der Waals surface area contributed by atoms with Crippen molar-refractivity contribution >= 4 is 0 Å². The molecule has 0 radical (unpaired) electrons. The molecule has 0 N–H and O–H groups in total. The van der Waals surface area contributed by atoms with E-state index in [-0.39, 0.29) is 0 Å². The first-order chi connectivity index (χ1) is 5.67. The van der Waals surface area contributed by atoms with E-state index in [2.05, 4.69) is 32.6 Å². The van der Waals surface area contributed by atoms with Crippen LogP contribution in [0.25, 0.3) is 0 Å². The van der Waals surface area contributed by atoms with Gasteiger partial charge in [-0.3, -0.25) is 4.90 Å². The highest BCUT2D eigenvalue weighted by atomic mass is 15.3. The van der Waals surface area contributed by atoms with Gasteiger partial charge in [0.05, 0.1) is 0 Å². The van der Waals surface area contributed by atoms with Gasteiger partial charge in [0.2, 0.25) is 0 Å². The minimum absolute atomic E-state index is 0.565. The maximum Gasteiger partial charge on any atom is 0.0242 e. The minimum Gasteiger partial charge on any atom is -0.297 e. The standard InChI is InChI=1S/C11H23N/c1-5-8-12-9-7-11(12,6-2)10(3)4/h10H,5-9H2,1-4H3. The fraction of sp³-hybridized carbons (Fsp3) is 1.00. The molecular weight excluding hydrogens is 146 g/mol. The molecule has 1 aliphatic rings. The molecule has 1 rings (SSSR count). The van der Waals surface area contributed by atoms with Crippen molar-refractivity contribution in [1.82, 2.24) is 4.90 Å². The lowest BCUT2D eigenvalue weighted by Crippen LogP contribution is -2.62. The van der Waals surface area contributed by atoms with Crippen LogP contribution in [-0.2, 0) is 0 Å². The van der Waals surface area contributed by atoms with Crippen LogP contribution >= 0.6 is 0 Å². The molecule has 1 saturated heterocycles. The van der Waals surface area contributed by atoms with Crippen molar-refractivity contribution in [3.05, 3.63) is 0 Å². The molecule has 1 aliphatic heterocycles. The van der Waals surface area contributed by atoms with Gasteiger partial charge in [0.15, 0.2) is 0 Å². The molecule has 0 amide bonds. The Bertz CT molecular complexity index is 138. The Hall–Kier alpha value is -0.0400. The highest BCUT2D eigenvalue weighted by Crippen LogP contribution is 2.39. The third-order valence-electron chi connectivity index (χ3n) is 3.62. The van der Waals surface area contributed by atoms with Crippen LogP contribution in [0.1, 0.15) is 47.0 Å². The van der Waals surface area contributed by atoms with Crippen molar-refractivity contribution in [2.75, 3.05) is 13.1 Å². The van der Waals surface area contributed by atoms with E-state index in [1.807, 2.05) is 0 Å². The Morgan fingerprint density at radius 1 is 1.33 bits per heavy atom. The maximum atomic E-state index is 2.68. The lowest BCUT2D eigenvalue weighted by Gasteiger charge is -2.55. The zero-order valence-corrected chi connectivity index (χ0v) is 9.06.